The van der Waals surface area contributed by atoms with Crippen molar-refractivity contribution >= 4 is 29.0 Å². The van der Waals surface area contributed by atoms with Crippen LogP contribution < -0.4 is 10.2 Å². The third kappa shape index (κ3) is 4.52. The lowest BCUT2D eigenvalue weighted by atomic mass is 9.78. The number of halogens is 1. The fourth-order valence-corrected chi connectivity index (χ4v) is 5.15. The summed E-state index contributed by atoms with van der Waals surface area (Å²) in [6, 6.07) is 22.0. The number of hydrogen-bond acceptors (Lipinski definition) is 4. The van der Waals surface area contributed by atoms with Crippen LogP contribution in [0.15, 0.2) is 90.1 Å². The largest absolute Gasteiger partial charge is 0.481 e. The molecule has 0 fully saturated rings. The number of ketones is 1. The standard InChI is InChI=1S/C29H25FN2O4/c30-21-10-6-9-19(15-21)29-28-23(16-20(17-25(28)33)18-7-2-1-3-8-18)31-22-11-4-5-12-24(22)32(29)26(34)13-14-27(35)36/h1-12,15,20,29,31H,13-14,16-17H2,(H,35,36). The van der Waals surface area contributed by atoms with Crippen LogP contribution in [0.2, 0.25) is 0 Å². The number of amides is 1. The number of fused-ring (bicyclic) bond motifs is 1. The van der Waals surface area contributed by atoms with E-state index < -0.39 is 23.7 Å². The Kier molecular flexibility index (Phi) is 6.38. The molecular weight excluding hydrogens is 459 g/mol. The minimum atomic E-state index is -1.09. The first-order valence-corrected chi connectivity index (χ1v) is 11.9. The summed E-state index contributed by atoms with van der Waals surface area (Å²) in [6.45, 7) is 0. The highest BCUT2D eigenvalue weighted by Crippen LogP contribution is 2.47. The summed E-state index contributed by atoms with van der Waals surface area (Å²) in [4.78, 5) is 40.1. The summed E-state index contributed by atoms with van der Waals surface area (Å²) in [6.07, 6.45) is 0.196. The van der Waals surface area contributed by atoms with Gasteiger partial charge < -0.3 is 10.4 Å². The van der Waals surface area contributed by atoms with Crippen molar-refractivity contribution in [2.75, 3.05) is 10.2 Å². The van der Waals surface area contributed by atoms with Crippen LogP contribution in [0.3, 0.4) is 0 Å². The van der Waals surface area contributed by atoms with Crippen molar-refractivity contribution in [3.63, 3.8) is 0 Å². The molecule has 3 aromatic rings. The molecular formula is C29H25FN2O4. The highest BCUT2D eigenvalue weighted by atomic mass is 19.1. The lowest BCUT2D eigenvalue weighted by Gasteiger charge is -2.35. The first-order chi connectivity index (χ1) is 17.4. The SMILES string of the molecule is O=C(O)CCC(=O)N1c2ccccc2NC2=C(C(=O)CC(c3ccccc3)C2)C1c1cccc(F)c1. The van der Waals surface area contributed by atoms with Crippen LogP contribution >= 0.6 is 0 Å². The van der Waals surface area contributed by atoms with E-state index in [0.717, 1.165) is 5.56 Å². The monoisotopic (exact) mass is 484 g/mol. The molecule has 0 radical (unpaired) electrons. The zero-order chi connectivity index (χ0) is 25.2. The van der Waals surface area contributed by atoms with Crippen LogP contribution in [-0.4, -0.2) is 22.8 Å². The molecule has 1 aliphatic carbocycles. The molecule has 3 aromatic carbocycles. The van der Waals surface area contributed by atoms with Crippen LogP contribution in [0.25, 0.3) is 0 Å². The van der Waals surface area contributed by atoms with Crippen molar-refractivity contribution in [1.29, 1.82) is 0 Å². The van der Waals surface area contributed by atoms with Gasteiger partial charge in [0.05, 0.1) is 23.8 Å². The Labute approximate surface area is 208 Å². The number of carboxylic acids is 1. The van der Waals surface area contributed by atoms with E-state index in [4.69, 9.17) is 0 Å². The van der Waals surface area contributed by atoms with Crippen LogP contribution in [-0.2, 0) is 14.4 Å². The van der Waals surface area contributed by atoms with E-state index in [1.807, 2.05) is 42.5 Å². The average Bonchev–Trinajstić information content (AvgIpc) is 3.02. The summed E-state index contributed by atoms with van der Waals surface area (Å²) >= 11 is 0. The fourth-order valence-electron chi connectivity index (χ4n) is 5.15. The maximum Gasteiger partial charge on any atom is 0.303 e. The van der Waals surface area contributed by atoms with Gasteiger partial charge in [-0.3, -0.25) is 19.3 Å². The van der Waals surface area contributed by atoms with Gasteiger partial charge in [-0.15, -0.1) is 0 Å². The number of para-hydroxylation sites is 2. The Hall–Kier alpha value is -4.26. The van der Waals surface area contributed by atoms with Crippen LogP contribution in [0.4, 0.5) is 15.8 Å². The third-order valence-corrected chi connectivity index (χ3v) is 6.75. The smallest absolute Gasteiger partial charge is 0.303 e. The molecule has 7 heteroatoms. The second kappa shape index (κ2) is 9.77. The normalized spacial score (nSPS) is 19.1. The van der Waals surface area contributed by atoms with E-state index >= 15 is 0 Å². The lowest BCUT2D eigenvalue weighted by molar-refractivity contribution is -0.138. The number of nitrogens with one attached hydrogen (secondary N) is 1. The van der Waals surface area contributed by atoms with Crippen molar-refractivity contribution in [1.82, 2.24) is 0 Å². The highest BCUT2D eigenvalue weighted by molar-refractivity contribution is 6.06. The second-order valence-electron chi connectivity index (χ2n) is 9.09. The average molecular weight is 485 g/mol. The Bertz CT molecular complexity index is 1370. The number of anilines is 2. The Morgan fingerprint density at radius 1 is 0.917 bits per heavy atom. The van der Waals surface area contributed by atoms with Crippen molar-refractivity contribution in [2.45, 2.75) is 37.6 Å². The van der Waals surface area contributed by atoms with E-state index in [1.54, 1.807) is 24.3 Å². The van der Waals surface area contributed by atoms with Gasteiger partial charge in [0.2, 0.25) is 5.91 Å². The molecule has 0 spiro atoms. The molecule has 0 saturated carbocycles. The number of allylic oxidation sites excluding steroid dienone is 1. The van der Waals surface area contributed by atoms with Gasteiger partial charge in [0.1, 0.15) is 5.82 Å². The maximum atomic E-state index is 14.4. The lowest BCUT2D eigenvalue weighted by Crippen LogP contribution is -2.38. The third-order valence-electron chi connectivity index (χ3n) is 6.75. The van der Waals surface area contributed by atoms with Gasteiger partial charge in [0.25, 0.3) is 0 Å². The first kappa shape index (κ1) is 23.5. The molecule has 2 aliphatic rings. The summed E-state index contributed by atoms with van der Waals surface area (Å²) in [5.41, 5.74) is 3.75. The summed E-state index contributed by atoms with van der Waals surface area (Å²) in [7, 11) is 0. The number of hydrogen-bond donors (Lipinski definition) is 2. The summed E-state index contributed by atoms with van der Waals surface area (Å²) in [5, 5.41) is 12.6. The van der Waals surface area contributed by atoms with Gasteiger partial charge in [-0.2, -0.15) is 0 Å². The molecule has 182 valence electrons. The van der Waals surface area contributed by atoms with Crippen LogP contribution in [0.5, 0.6) is 0 Å². The summed E-state index contributed by atoms with van der Waals surface area (Å²) in [5.74, 6) is -2.20. The predicted molar refractivity (Wildman–Crippen MR) is 134 cm³/mol. The van der Waals surface area contributed by atoms with E-state index in [-0.39, 0.29) is 31.0 Å². The molecule has 2 atom stereocenters. The minimum absolute atomic E-state index is 0.0421. The van der Waals surface area contributed by atoms with Crippen LogP contribution in [0, 0.1) is 5.82 Å². The molecule has 2 N–H and O–H groups in total. The predicted octanol–water partition coefficient (Wildman–Crippen LogP) is 5.59. The number of Topliss-reactive ketones (excluding diaryl/α,β-unsaturated/α-hetero) is 1. The first-order valence-electron chi connectivity index (χ1n) is 11.9. The number of carboxylic acid groups (broad SMARTS) is 1. The quantitative estimate of drug-likeness (QED) is 0.493. The molecule has 1 heterocycles. The molecule has 1 amide bonds. The molecule has 6 nitrogen and oxygen atoms in total. The fraction of sp³-hybridized carbons (Fsp3) is 0.207. The second-order valence-corrected chi connectivity index (χ2v) is 9.09. The van der Waals surface area contributed by atoms with E-state index in [0.29, 0.717) is 34.6 Å². The Morgan fingerprint density at radius 2 is 1.64 bits per heavy atom. The topological polar surface area (TPSA) is 86.7 Å². The van der Waals surface area contributed by atoms with Crippen molar-refractivity contribution in [3.05, 3.63) is 107 Å². The zero-order valence-electron chi connectivity index (χ0n) is 19.5. The number of aliphatic carboxylic acids is 1. The van der Waals surface area contributed by atoms with Gasteiger partial charge in [0.15, 0.2) is 5.78 Å². The van der Waals surface area contributed by atoms with Crippen LogP contribution in [0.1, 0.15) is 48.8 Å². The molecule has 1 aliphatic heterocycles. The van der Waals surface area contributed by atoms with Gasteiger partial charge in [-0.25, -0.2) is 4.39 Å². The van der Waals surface area contributed by atoms with Gasteiger partial charge in [-0.05, 0) is 47.7 Å². The number of benzene rings is 3. The van der Waals surface area contributed by atoms with Gasteiger partial charge in [0, 0.05) is 24.1 Å². The number of carbonyl (C=O) groups is 3. The van der Waals surface area contributed by atoms with E-state index in [9.17, 15) is 23.9 Å². The van der Waals surface area contributed by atoms with Gasteiger partial charge in [-0.1, -0.05) is 54.6 Å². The highest BCUT2D eigenvalue weighted by Gasteiger charge is 2.41. The molecule has 36 heavy (non-hydrogen) atoms. The van der Waals surface area contributed by atoms with Crippen molar-refractivity contribution < 1.29 is 23.9 Å². The van der Waals surface area contributed by atoms with Crippen molar-refractivity contribution in [3.8, 4) is 0 Å². The molecule has 0 saturated heterocycles. The van der Waals surface area contributed by atoms with E-state index in [2.05, 4.69) is 5.32 Å². The number of rotatable bonds is 5. The Balaban J connectivity index is 1.69. The number of nitrogens with zero attached hydrogens (tertiary/aromatic N) is 1. The molecule has 2 unspecified atom stereocenters. The zero-order valence-corrected chi connectivity index (χ0v) is 19.5. The van der Waals surface area contributed by atoms with Crippen molar-refractivity contribution in [2.24, 2.45) is 0 Å². The van der Waals surface area contributed by atoms with Gasteiger partial charge >= 0.3 is 5.97 Å². The molecule has 0 aromatic heterocycles. The maximum absolute atomic E-state index is 14.4. The Morgan fingerprint density at radius 3 is 2.39 bits per heavy atom. The van der Waals surface area contributed by atoms with E-state index in [1.165, 1.54) is 17.0 Å². The summed E-state index contributed by atoms with van der Waals surface area (Å²) < 4.78 is 14.4. The molecule has 5 rings (SSSR count). The number of carbonyl (C=O) groups excluding carboxylic acids is 2. The molecule has 0 bridgehead atoms. The minimum Gasteiger partial charge on any atom is -0.481 e.